The van der Waals surface area contributed by atoms with Crippen LogP contribution in [0.25, 0.3) is 16.8 Å². The lowest BCUT2D eigenvalue weighted by molar-refractivity contribution is 0.669. The highest BCUT2D eigenvalue weighted by Gasteiger charge is 2.23. The molecule has 18 heavy (non-hydrogen) atoms. The van der Waals surface area contributed by atoms with Crippen LogP contribution in [0.4, 0.5) is 0 Å². The highest BCUT2D eigenvalue weighted by Crippen LogP contribution is 2.27. The number of allylic oxidation sites excluding steroid dienone is 1. The molecular weight excluding hydrogens is 230 g/mol. The quantitative estimate of drug-likeness (QED) is 0.600. The molecule has 1 aliphatic rings. The topological polar surface area (TPSA) is 97.8 Å². The van der Waals surface area contributed by atoms with Crippen molar-refractivity contribution in [2.45, 2.75) is 18.4 Å². The third-order valence-electron chi connectivity index (χ3n) is 3.31. The summed E-state index contributed by atoms with van der Waals surface area (Å²) in [6, 6.07) is 0.103. The van der Waals surface area contributed by atoms with Gasteiger partial charge in [-0.1, -0.05) is 12.2 Å². The Morgan fingerprint density at radius 3 is 3.06 bits per heavy atom. The van der Waals surface area contributed by atoms with Gasteiger partial charge >= 0.3 is 0 Å². The van der Waals surface area contributed by atoms with E-state index in [4.69, 9.17) is 5.73 Å². The molecule has 3 aromatic heterocycles. The highest BCUT2D eigenvalue weighted by atomic mass is 15.3. The number of nitrogens with zero attached hydrogens (tertiary/aromatic N) is 5. The monoisotopic (exact) mass is 241 g/mol. The van der Waals surface area contributed by atoms with Crippen molar-refractivity contribution in [1.29, 1.82) is 0 Å². The lowest BCUT2D eigenvalue weighted by atomic mass is 10.1. The van der Waals surface area contributed by atoms with Crippen molar-refractivity contribution in [2.75, 3.05) is 0 Å². The maximum Gasteiger partial charge on any atom is 0.189 e. The molecule has 7 nitrogen and oxygen atoms in total. The molecule has 3 heterocycles. The minimum Gasteiger partial charge on any atom is -0.340 e. The summed E-state index contributed by atoms with van der Waals surface area (Å²) < 4.78 is 1.90. The van der Waals surface area contributed by atoms with Gasteiger partial charge < -0.3 is 10.7 Å². The summed E-state index contributed by atoms with van der Waals surface area (Å²) >= 11 is 0. The van der Waals surface area contributed by atoms with Gasteiger partial charge in [-0.2, -0.15) is 0 Å². The number of nitrogens with two attached hydrogens (primary N) is 1. The Hall–Kier alpha value is -2.28. The Balaban J connectivity index is 1.94. The fraction of sp³-hybridized carbons (Fsp3) is 0.273. The number of imidazole rings is 1. The average Bonchev–Trinajstić information content (AvgIpc) is 3.03. The van der Waals surface area contributed by atoms with Gasteiger partial charge in [0.25, 0.3) is 0 Å². The van der Waals surface area contributed by atoms with Crippen LogP contribution in [0.15, 0.2) is 24.8 Å². The minimum atomic E-state index is 0.103. The number of aromatic amines is 1. The van der Waals surface area contributed by atoms with Gasteiger partial charge in [0.1, 0.15) is 17.7 Å². The van der Waals surface area contributed by atoms with Gasteiger partial charge in [-0.05, 0) is 6.42 Å². The Kier molecular flexibility index (Phi) is 1.81. The summed E-state index contributed by atoms with van der Waals surface area (Å²) in [5.74, 6) is 1.08. The molecule has 7 heteroatoms. The second kappa shape index (κ2) is 3.36. The molecule has 0 spiro atoms. The molecule has 90 valence electrons. The lowest BCUT2D eigenvalue weighted by Gasteiger charge is -2.06. The fourth-order valence-electron chi connectivity index (χ4n) is 2.42. The zero-order valence-corrected chi connectivity index (χ0v) is 9.48. The molecule has 0 amide bonds. The molecule has 0 fully saturated rings. The van der Waals surface area contributed by atoms with Crippen LogP contribution in [0, 0.1) is 0 Å². The molecule has 2 unspecified atom stereocenters. The first-order chi connectivity index (χ1) is 8.83. The van der Waals surface area contributed by atoms with E-state index in [-0.39, 0.29) is 12.0 Å². The largest absolute Gasteiger partial charge is 0.340 e. The normalized spacial score (nSPS) is 23.4. The van der Waals surface area contributed by atoms with E-state index in [2.05, 4.69) is 31.2 Å². The SMILES string of the molecule is NC1C=CC(c2nnc3c4[nH]cnc4ncn23)C1. The predicted octanol–water partition coefficient (Wildman–Crippen LogP) is 0.371. The predicted molar refractivity (Wildman–Crippen MR) is 64.9 cm³/mol. The van der Waals surface area contributed by atoms with Gasteiger partial charge in [0.2, 0.25) is 0 Å². The lowest BCUT2D eigenvalue weighted by Crippen LogP contribution is -2.15. The van der Waals surface area contributed by atoms with Crippen LogP contribution < -0.4 is 5.73 Å². The van der Waals surface area contributed by atoms with Crippen LogP contribution in [0.1, 0.15) is 18.2 Å². The van der Waals surface area contributed by atoms with Gasteiger partial charge in [-0.3, -0.25) is 4.40 Å². The Morgan fingerprint density at radius 1 is 1.28 bits per heavy atom. The third-order valence-corrected chi connectivity index (χ3v) is 3.31. The molecule has 0 bridgehead atoms. The van der Waals surface area contributed by atoms with E-state index in [0.717, 1.165) is 23.4 Å². The van der Waals surface area contributed by atoms with Crippen molar-refractivity contribution in [3.05, 3.63) is 30.6 Å². The number of hydrogen-bond donors (Lipinski definition) is 2. The Morgan fingerprint density at radius 2 is 2.22 bits per heavy atom. The summed E-state index contributed by atoms with van der Waals surface area (Å²) in [5.41, 5.74) is 8.09. The minimum absolute atomic E-state index is 0.103. The zero-order valence-electron chi connectivity index (χ0n) is 9.48. The second-order valence-electron chi connectivity index (χ2n) is 4.49. The van der Waals surface area contributed by atoms with Gasteiger partial charge in [0, 0.05) is 12.0 Å². The van der Waals surface area contributed by atoms with Gasteiger partial charge in [0.15, 0.2) is 11.3 Å². The maximum absolute atomic E-state index is 5.87. The molecule has 0 radical (unpaired) electrons. The molecule has 0 aromatic carbocycles. The van der Waals surface area contributed by atoms with Crippen molar-refractivity contribution in [3.63, 3.8) is 0 Å². The second-order valence-corrected chi connectivity index (χ2v) is 4.49. The molecule has 2 atom stereocenters. The fourth-order valence-corrected chi connectivity index (χ4v) is 2.42. The molecule has 0 aliphatic heterocycles. The summed E-state index contributed by atoms with van der Waals surface area (Å²) in [7, 11) is 0. The van der Waals surface area contributed by atoms with Crippen molar-refractivity contribution in [2.24, 2.45) is 5.73 Å². The first kappa shape index (κ1) is 9.72. The molecule has 0 saturated heterocycles. The van der Waals surface area contributed by atoms with Gasteiger partial charge in [0.05, 0.1) is 6.33 Å². The first-order valence-electron chi connectivity index (χ1n) is 5.79. The van der Waals surface area contributed by atoms with Crippen molar-refractivity contribution in [1.82, 2.24) is 29.5 Å². The van der Waals surface area contributed by atoms with E-state index in [9.17, 15) is 0 Å². The highest BCUT2D eigenvalue weighted by molar-refractivity contribution is 5.84. The van der Waals surface area contributed by atoms with Gasteiger partial charge in [-0.15, -0.1) is 10.2 Å². The van der Waals surface area contributed by atoms with Crippen LogP contribution in [-0.4, -0.2) is 35.6 Å². The Bertz CT molecular complexity index is 753. The van der Waals surface area contributed by atoms with Crippen molar-refractivity contribution in [3.8, 4) is 0 Å². The molecule has 1 aliphatic carbocycles. The molecular formula is C11H11N7. The number of fused-ring (bicyclic) bond motifs is 3. The van der Waals surface area contributed by atoms with E-state index in [1.807, 2.05) is 10.5 Å². The van der Waals surface area contributed by atoms with Crippen molar-refractivity contribution >= 4 is 16.8 Å². The van der Waals surface area contributed by atoms with E-state index >= 15 is 0 Å². The summed E-state index contributed by atoms with van der Waals surface area (Å²) in [4.78, 5) is 11.4. The number of rotatable bonds is 1. The van der Waals surface area contributed by atoms with Crippen LogP contribution >= 0.6 is 0 Å². The van der Waals surface area contributed by atoms with E-state index in [1.54, 1.807) is 12.7 Å². The maximum atomic E-state index is 5.87. The number of nitrogens with one attached hydrogen (secondary N) is 1. The first-order valence-corrected chi connectivity index (χ1v) is 5.79. The van der Waals surface area contributed by atoms with E-state index < -0.39 is 0 Å². The summed E-state index contributed by atoms with van der Waals surface area (Å²) in [6.07, 6.45) is 8.27. The number of H-pyrrole nitrogens is 1. The molecule has 4 rings (SSSR count). The molecule has 0 saturated carbocycles. The third kappa shape index (κ3) is 1.22. The molecule has 3 N–H and O–H groups in total. The standard InChI is InChI=1S/C11H11N7/c12-7-2-1-6(3-7)10-16-17-11-8-9(14-4-13-8)15-5-18(10)11/h1-2,4-7H,3,12H2,(H,13,14). The van der Waals surface area contributed by atoms with Crippen LogP contribution in [0.3, 0.4) is 0 Å². The summed E-state index contributed by atoms with van der Waals surface area (Å²) in [5, 5.41) is 8.48. The zero-order chi connectivity index (χ0) is 12.1. The van der Waals surface area contributed by atoms with Gasteiger partial charge in [-0.25, -0.2) is 9.97 Å². The van der Waals surface area contributed by atoms with Crippen LogP contribution in [-0.2, 0) is 0 Å². The summed E-state index contributed by atoms with van der Waals surface area (Å²) in [6.45, 7) is 0. The number of hydrogen-bond acceptors (Lipinski definition) is 5. The van der Waals surface area contributed by atoms with Crippen LogP contribution in [0.5, 0.6) is 0 Å². The number of aromatic nitrogens is 6. The smallest absolute Gasteiger partial charge is 0.189 e. The van der Waals surface area contributed by atoms with E-state index in [0.29, 0.717) is 5.65 Å². The molecule has 3 aromatic rings. The van der Waals surface area contributed by atoms with Crippen LogP contribution in [0.2, 0.25) is 0 Å². The Labute approximate surface area is 102 Å². The van der Waals surface area contributed by atoms with E-state index in [1.165, 1.54) is 0 Å². The van der Waals surface area contributed by atoms with Crippen molar-refractivity contribution < 1.29 is 0 Å². The average molecular weight is 241 g/mol.